The number of carbonyl (C=O) groups excluding carboxylic acids is 1. The highest BCUT2D eigenvalue weighted by Crippen LogP contribution is 2.30. The Labute approximate surface area is 225 Å². The number of nitrogens with one attached hydrogen (secondary N) is 1. The second-order valence-corrected chi connectivity index (χ2v) is 9.28. The molecule has 0 fully saturated rings. The maximum absolute atomic E-state index is 13.0. The van der Waals surface area contributed by atoms with Crippen LogP contribution >= 0.6 is 11.8 Å². The number of nitrogens with zero attached hydrogens (tertiary/aromatic N) is 4. The zero-order chi connectivity index (χ0) is 28.0. The van der Waals surface area contributed by atoms with Crippen molar-refractivity contribution < 1.29 is 22.9 Å². The molecule has 8 nitrogen and oxygen atoms in total. The Morgan fingerprint density at radius 1 is 1.08 bits per heavy atom. The molecule has 0 radical (unpaired) electrons. The highest BCUT2D eigenvalue weighted by molar-refractivity contribution is 7.98. The molecule has 1 aromatic heterocycles. The van der Waals surface area contributed by atoms with Crippen LogP contribution in [0.15, 0.2) is 90.6 Å². The molecule has 0 unspecified atom stereocenters. The van der Waals surface area contributed by atoms with Crippen molar-refractivity contribution in [3.8, 4) is 11.4 Å². The number of thioether (sulfide) groups is 1. The minimum absolute atomic E-state index is 0.0360. The second-order valence-electron chi connectivity index (χ2n) is 8.34. The van der Waals surface area contributed by atoms with Crippen LogP contribution in [0, 0.1) is 10.1 Å². The van der Waals surface area contributed by atoms with Crippen molar-refractivity contribution in [1.82, 2.24) is 20.1 Å². The van der Waals surface area contributed by atoms with Crippen molar-refractivity contribution in [3.63, 3.8) is 0 Å². The smallest absolute Gasteiger partial charge is 0.348 e. The highest BCUT2D eigenvalue weighted by atomic mass is 32.2. The number of nitro groups is 1. The zero-order valence-corrected chi connectivity index (χ0v) is 21.2. The molecule has 0 aliphatic rings. The van der Waals surface area contributed by atoms with E-state index in [1.807, 2.05) is 4.57 Å². The minimum atomic E-state index is -4.46. The molecular weight excluding hydrogens is 531 g/mol. The number of non-ortho nitro benzene ring substituents is 1. The number of aromatic nitrogens is 3. The number of alkyl halides is 3. The van der Waals surface area contributed by atoms with E-state index in [0.717, 1.165) is 12.1 Å². The molecule has 0 spiro atoms. The lowest BCUT2D eigenvalue weighted by Crippen LogP contribution is -2.24. The van der Waals surface area contributed by atoms with Gasteiger partial charge in [-0.3, -0.25) is 19.5 Å². The van der Waals surface area contributed by atoms with E-state index >= 15 is 0 Å². The van der Waals surface area contributed by atoms with Crippen molar-refractivity contribution in [2.45, 2.75) is 30.2 Å². The topological polar surface area (TPSA) is 103 Å². The van der Waals surface area contributed by atoms with Gasteiger partial charge in [-0.25, -0.2) is 0 Å². The first-order valence-corrected chi connectivity index (χ1v) is 12.6. The average molecular weight is 554 g/mol. The van der Waals surface area contributed by atoms with Gasteiger partial charge < -0.3 is 5.32 Å². The number of halogens is 3. The summed E-state index contributed by atoms with van der Waals surface area (Å²) in [6, 6.07) is 17.7. The van der Waals surface area contributed by atoms with Gasteiger partial charge in [0.15, 0.2) is 11.0 Å². The number of hydrogen-bond acceptors (Lipinski definition) is 6. The Bertz CT molecular complexity index is 1500. The van der Waals surface area contributed by atoms with Gasteiger partial charge in [0.05, 0.1) is 10.5 Å². The van der Waals surface area contributed by atoms with Crippen LogP contribution in [0.25, 0.3) is 11.4 Å². The second kappa shape index (κ2) is 11.9. The third-order valence-electron chi connectivity index (χ3n) is 5.69. The molecule has 0 saturated heterocycles. The fourth-order valence-electron chi connectivity index (χ4n) is 3.78. The first-order valence-electron chi connectivity index (χ1n) is 11.6. The Hall–Kier alpha value is -4.45. The molecule has 4 aromatic rings. The van der Waals surface area contributed by atoms with Gasteiger partial charge in [0.1, 0.15) is 0 Å². The molecule has 200 valence electrons. The van der Waals surface area contributed by atoms with Gasteiger partial charge in [0.2, 0.25) is 0 Å². The number of benzene rings is 3. The SMILES string of the molecule is C=CCn1c(SCc2ccccc2C(=O)NCc2cccc(C(F)(F)F)c2)nnc1-c1ccc([N+](=O)[O-])cc1. The van der Waals surface area contributed by atoms with E-state index in [0.29, 0.717) is 45.5 Å². The Morgan fingerprint density at radius 2 is 1.82 bits per heavy atom. The number of rotatable bonds is 10. The summed E-state index contributed by atoms with van der Waals surface area (Å²) in [5, 5.41) is 22.7. The summed E-state index contributed by atoms with van der Waals surface area (Å²) in [6.07, 6.45) is -2.79. The van der Waals surface area contributed by atoms with E-state index in [-0.39, 0.29) is 12.2 Å². The summed E-state index contributed by atoms with van der Waals surface area (Å²) in [4.78, 5) is 23.4. The summed E-state index contributed by atoms with van der Waals surface area (Å²) < 4.78 is 40.8. The Morgan fingerprint density at radius 3 is 2.51 bits per heavy atom. The normalized spacial score (nSPS) is 11.3. The molecule has 0 atom stereocenters. The quantitative estimate of drug-likeness (QED) is 0.107. The summed E-state index contributed by atoms with van der Waals surface area (Å²) >= 11 is 1.34. The van der Waals surface area contributed by atoms with E-state index in [4.69, 9.17) is 0 Å². The van der Waals surface area contributed by atoms with Gasteiger partial charge in [-0.2, -0.15) is 13.2 Å². The lowest BCUT2D eigenvalue weighted by atomic mass is 10.1. The molecule has 0 aliphatic carbocycles. The predicted molar refractivity (Wildman–Crippen MR) is 141 cm³/mol. The van der Waals surface area contributed by atoms with Crippen molar-refractivity contribution in [1.29, 1.82) is 0 Å². The van der Waals surface area contributed by atoms with E-state index in [1.54, 1.807) is 42.5 Å². The number of carbonyl (C=O) groups is 1. The lowest BCUT2D eigenvalue weighted by molar-refractivity contribution is -0.384. The van der Waals surface area contributed by atoms with Gasteiger partial charge in [-0.1, -0.05) is 48.2 Å². The van der Waals surface area contributed by atoms with Gasteiger partial charge >= 0.3 is 6.18 Å². The van der Waals surface area contributed by atoms with Crippen molar-refractivity contribution in [2.75, 3.05) is 0 Å². The molecule has 3 aromatic carbocycles. The Kier molecular flexibility index (Phi) is 8.45. The molecule has 12 heteroatoms. The van der Waals surface area contributed by atoms with E-state index < -0.39 is 22.6 Å². The van der Waals surface area contributed by atoms with Crippen LogP contribution in [0.5, 0.6) is 0 Å². The largest absolute Gasteiger partial charge is 0.416 e. The summed E-state index contributed by atoms with van der Waals surface area (Å²) in [5.41, 5.74) is 1.27. The van der Waals surface area contributed by atoms with E-state index in [2.05, 4.69) is 22.1 Å². The molecule has 39 heavy (non-hydrogen) atoms. The van der Waals surface area contributed by atoms with Gasteiger partial charge in [-0.15, -0.1) is 16.8 Å². The van der Waals surface area contributed by atoms with Crippen LogP contribution in [0.3, 0.4) is 0 Å². The molecule has 0 bridgehead atoms. The van der Waals surface area contributed by atoms with Crippen LogP contribution in [-0.4, -0.2) is 25.6 Å². The van der Waals surface area contributed by atoms with Crippen molar-refractivity contribution >= 4 is 23.4 Å². The fraction of sp³-hybridized carbons (Fsp3) is 0.148. The van der Waals surface area contributed by atoms with Gasteiger partial charge in [0.25, 0.3) is 11.6 Å². The maximum Gasteiger partial charge on any atom is 0.416 e. The maximum atomic E-state index is 13.0. The van der Waals surface area contributed by atoms with Crippen LogP contribution in [-0.2, 0) is 25.0 Å². The molecular formula is C27H22F3N5O3S. The summed E-state index contributed by atoms with van der Waals surface area (Å²) in [7, 11) is 0. The van der Waals surface area contributed by atoms with E-state index in [9.17, 15) is 28.1 Å². The monoisotopic (exact) mass is 553 g/mol. The lowest BCUT2D eigenvalue weighted by Gasteiger charge is -2.12. The fourth-order valence-corrected chi connectivity index (χ4v) is 4.73. The summed E-state index contributed by atoms with van der Waals surface area (Å²) in [6.45, 7) is 4.11. The average Bonchev–Trinajstić information content (AvgIpc) is 3.33. The Balaban J connectivity index is 1.48. The third kappa shape index (κ3) is 6.71. The number of nitro benzene ring substituents is 1. The molecule has 0 aliphatic heterocycles. The summed E-state index contributed by atoms with van der Waals surface area (Å²) in [5.74, 6) is 0.463. The first kappa shape index (κ1) is 27.6. The third-order valence-corrected chi connectivity index (χ3v) is 6.71. The number of hydrogen-bond donors (Lipinski definition) is 1. The molecule has 1 N–H and O–H groups in total. The number of allylic oxidation sites excluding steroid dienone is 1. The van der Waals surface area contributed by atoms with Gasteiger partial charge in [-0.05, 0) is 41.5 Å². The van der Waals surface area contributed by atoms with Gasteiger partial charge in [0, 0.05) is 42.1 Å². The zero-order valence-electron chi connectivity index (χ0n) is 20.4. The van der Waals surface area contributed by atoms with Crippen molar-refractivity contribution in [2.24, 2.45) is 0 Å². The van der Waals surface area contributed by atoms with Crippen LogP contribution in [0.1, 0.15) is 27.0 Å². The van der Waals surface area contributed by atoms with Crippen LogP contribution in [0.4, 0.5) is 18.9 Å². The standard InChI is InChI=1S/C27H22F3N5O3S/c1-2-14-34-24(19-10-12-22(13-11-19)35(37)38)32-33-26(34)39-17-20-7-3-4-9-23(20)25(36)31-16-18-6-5-8-21(15-18)27(28,29)30/h2-13,15H,1,14,16-17H2,(H,31,36). The van der Waals surface area contributed by atoms with Crippen LogP contribution in [0.2, 0.25) is 0 Å². The highest BCUT2D eigenvalue weighted by Gasteiger charge is 2.30. The molecule has 4 rings (SSSR count). The minimum Gasteiger partial charge on any atom is -0.348 e. The molecule has 1 amide bonds. The first-order chi connectivity index (χ1) is 18.7. The molecule has 1 heterocycles. The van der Waals surface area contributed by atoms with Crippen LogP contribution < -0.4 is 5.32 Å². The number of amides is 1. The van der Waals surface area contributed by atoms with Crippen molar-refractivity contribution in [3.05, 3.63) is 118 Å². The van der Waals surface area contributed by atoms with E-state index in [1.165, 1.54) is 36.0 Å². The molecule has 0 saturated carbocycles. The predicted octanol–water partition coefficient (Wildman–Crippen LogP) is 6.28.